The van der Waals surface area contributed by atoms with Gasteiger partial charge in [0.05, 0.1) is 5.38 Å². The molecular weight excluding hydrogens is 282 g/mol. The molecule has 0 spiro atoms. The number of carbonyl (C=O) groups is 1. The van der Waals surface area contributed by atoms with Crippen molar-refractivity contribution in [3.8, 4) is 0 Å². The zero-order valence-corrected chi connectivity index (χ0v) is 13.0. The van der Waals surface area contributed by atoms with Crippen LogP contribution >= 0.6 is 11.6 Å². The molecule has 1 amide bonds. The SMILES string of the molecule is O=C1NCCc2ccc(C(Cl)CC3CC4CCC3C4)cc21. The lowest BCUT2D eigenvalue weighted by molar-refractivity contribution is 0.0946. The van der Waals surface area contributed by atoms with Gasteiger partial charge in [0.25, 0.3) is 5.91 Å². The molecule has 0 radical (unpaired) electrons. The second-order valence-corrected chi connectivity index (χ2v) is 7.59. The average molecular weight is 304 g/mol. The molecule has 4 rings (SSSR count). The minimum atomic E-state index is 0.0503. The van der Waals surface area contributed by atoms with E-state index in [0.29, 0.717) is 0 Å². The van der Waals surface area contributed by atoms with Gasteiger partial charge in [-0.15, -0.1) is 11.6 Å². The van der Waals surface area contributed by atoms with Crippen LogP contribution in [-0.2, 0) is 6.42 Å². The molecule has 2 fully saturated rings. The number of nitrogens with one attached hydrogen (secondary N) is 1. The normalized spacial score (nSPS) is 31.9. The number of hydrogen-bond acceptors (Lipinski definition) is 1. The molecule has 1 aromatic rings. The topological polar surface area (TPSA) is 29.1 Å². The van der Waals surface area contributed by atoms with Crippen molar-refractivity contribution < 1.29 is 4.79 Å². The van der Waals surface area contributed by atoms with Crippen LogP contribution in [0.15, 0.2) is 18.2 Å². The highest BCUT2D eigenvalue weighted by Crippen LogP contribution is 2.51. The molecule has 1 heterocycles. The van der Waals surface area contributed by atoms with Gasteiger partial charge in [0, 0.05) is 12.1 Å². The van der Waals surface area contributed by atoms with E-state index in [9.17, 15) is 4.79 Å². The van der Waals surface area contributed by atoms with Gasteiger partial charge in [0.15, 0.2) is 0 Å². The Bertz CT molecular complexity index is 570. The molecule has 3 heteroatoms. The standard InChI is InChI=1S/C18H22ClNO/c19-17(10-15-8-11-1-2-13(15)7-11)14-4-3-12-5-6-20-18(21)16(12)9-14/h3-4,9,11,13,15,17H,1-2,5-8,10H2,(H,20,21). The number of benzene rings is 1. The van der Waals surface area contributed by atoms with E-state index in [1.54, 1.807) is 0 Å². The average Bonchev–Trinajstić information content (AvgIpc) is 3.10. The molecule has 2 aliphatic carbocycles. The maximum absolute atomic E-state index is 12.0. The fraction of sp³-hybridized carbons (Fsp3) is 0.611. The van der Waals surface area contributed by atoms with Gasteiger partial charge in [-0.3, -0.25) is 4.79 Å². The van der Waals surface area contributed by atoms with E-state index >= 15 is 0 Å². The maximum Gasteiger partial charge on any atom is 0.251 e. The third kappa shape index (κ3) is 2.48. The lowest BCUT2D eigenvalue weighted by Crippen LogP contribution is -2.31. The Labute approximate surface area is 131 Å². The van der Waals surface area contributed by atoms with Gasteiger partial charge in [0.2, 0.25) is 0 Å². The van der Waals surface area contributed by atoms with Crippen molar-refractivity contribution >= 4 is 17.5 Å². The minimum Gasteiger partial charge on any atom is -0.352 e. The van der Waals surface area contributed by atoms with Crippen LogP contribution in [0.1, 0.15) is 59.0 Å². The van der Waals surface area contributed by atoms with E-state index in [0.717, 1.165) is 53.8 Å². The number of halogens is 1. The highest BCUT2D eigenvalue weighted by Gasteiger charge is 2.40. The molecule has 4 atom stereocenters. The fourth-order valence-corrected chi connectivity index (χ4v) is 5.06. The van der Waals surface area contributed by atoms with Crippen molar-refractivity contribution in [2.24, 2.45) is 17.8 Å². The van der Waals surface area contributed by atoms with Crippen LogP contribution < -0.4 is 5.32 Å². The summed E-state index contributed by atoms with van der Waals surface area (Å²) >= 11 is 6.68. The number of hydrogen-bond donors (Lipinski definition) is 1. The zero-order valence-electron chi connectivity index (χ0n) is 12.3. The van der Waals surface area contributed by atoms with Gasteiger partial charge in [0.1, 0.15) is 0 Å². The van der Waals surface area contributed by atoms with Crippen molar-refractivity contribution in [2.75, 3.05) is 6.54 Å². The summed E-state index contributed by atoms with van der Waals surface area (Å²) in [5, 5.41) is 2.97. The van der Waals surface area contributed by atoms with E-state index in [1.807, 2.05) is 6.07 Å². The van der Waals surface area contributed by atoms with E-state index in [-0.39, 0.29) is 11.3 Å². The van der Waals surface area contributed by atoms with E-state index in [1.165, 1.54) is 25.7 Å². The summed E-state index contributed by atoms with van der Waals surface area (Å²) in [5.74, 6) is 2.74. The second kappa shape index (κ2) is 5.31. The largest absolute Gasteiger partial charge is 0.352 e. The summed E-state index contributed by atoms with van der Waals surface area (Å²) in [7, 11) is 0. The van der Waals surface area contributed by atoms with Crippen LogP contribution in [-0.4, -0.2) is 12.5 Å². The van der Waals surface area contributed by atoms with Crippen LogP contribution in [0.5, 0.6) is 0 Å². The molecule has 4 unspecified atom stereocenters. The van der Waals surface area contributed by atoms with E-state index in [2.05, 4.69) is 17.4 Å². The first-order valence-corrected chi connectivity index (χ1v) is 8.69. The molecular formula is C18H22ClNO. The van der Waals surface area contributed by atoms with Gasteiger partial charge in [-0.05, 0) is 67.1 Å². The smallest absolute Gasteiger partial charge is 0.251 e. The van der Waals surface area contributed by atoms with Gasteiger partial charge < -0.3 is 5.32 Å². The third-order valence-electron chi connectivity index (χ3n) is 5.81. The van der Waals surface area contributed by atoms with Crippen LogP contribution in [0.3, 0.4) is 0 Å². The van der Waals surface area contributed by atoms with Crippen LogP contribution in [0.2, 0.25) is 0 Å². The Morgan fingerprint density at radius 2 is 2.19 bits per heavy atom. The molecule has 2 saturated carbocycles. The Balaban J connectivity index is 1.50. The molecule has 1 N–H and O–H groups in total. The molecule has 1 aromatic carbocycles. The summed E-state index contributed by atoms with van der Waals surface area (Å²) in [6.07, 6.45) is 7.66. The summed E-state index contributed by atoms with van der Waals surface area (Å²) in [5.41, 5.74) is 3.11. The quantitative estimate of drug-likeness (QED) is 0.838. The molecule has 1 aliphatic heterocycles. The molecule has 0 aromatic heterocycles. The summed E-state index contributed by atoms with van der Waals surface area (Å²) in [6, 6.07) is 6.25. The van der Waals surface area contributed by atoms with Crippen molar-refractivity contribution in [3.05, 3.63) is 34.9 Å². The van der Waals surface area contributed by atoms with Crippen molar-refractivity contribution in [1.29, 1.82) is 0 Å². The first-order valence-electron chi connectivity index (χ1n) is 8.26. The highest BCUT2D eigenvalue weighted by molar-refractivity contribution is 6.20. The van der Waals surface area contributed by atoms with Gasteiger partial charge in [-0.2, -0.15) is 0 Å². The number of amides is 1. The van der Waals surface area contributed by atoms with Gasteiger partial charge in [-0.1, -0.05) is 18.6 Å². The Morgan fingerprint density at radius 1 is 1.29 bits per heavy atom. The molecule has 112 valence electrons. The number of carbonyl (C=O) groups excluding carboxylic acids is 1. The number of alkyl halides is 1. The van der Waals surface area contributed by atoms with Crippen LogP contribution in [0.4, 0.5) is 0 Å². The predicted octanol–water partition coefficient (Wildman–Crippen LogP) is 4.08. The van der Waals surface area contributed by atoms with Gasteiger partial charge in [-0.25, -0.2) is 0 Å². The van der Waals surface area contributed by atoms with Crippen molar-refractivity contribution in [2.45, 2.75) is 43.9 Å². The van der Waals surface area contributed by atoms with Crippen molar-refractivity contribution in [1.82, 2.24) is 5.32 Å². The summed E-state index contributed by atoms with van der Waals surface area (Å²) in [6.45, 7) is 0.751. The Hall–Kier alpha value is -1.02. The van der Waals surface area contributed by atoms with Crippen LogP contribution in [0.25, 0.3) is 0 Å². The third-order valence-corrected chi connectivity index (χ3v) is 6.24. The molecule has 2 nitrogen and oxygen atoms in total. The predicted molar refractivity (Wildman–Crippen MR) is 84.6 cm³/mol. The Morgan fingerprint density at radius 3 is 2.95 bits per heavy atom. The highest BCUT2D eigenvalue weighted by atomic mass is 35.5. The molecule has 0 saturated heterocycles. The summed E-state index contributed by atoms with van der Waals surface area (Å²) in [4.78, 5) is 12.0. The first-order chi connectivity index (χ1) is 10.2. The lowest BCUT2D eigenvalue weighted by Gasteiger charge is -2.25. The van der Waals surface area contributed by atoms with Crippen LogP contribution in [0, 0.1) is 17.8 Å². The molecule has 3 aliphatic rings. The first kappa shape index (κ1) is 13.6. The monoisotopic (exact) mass is 303 g/mol. The lowest BCUT2D eigenvalue weighted by atomic mass is 9.84. The fourth-order valence-electron chi connectivity index (χ4n) is 4.69. The zero-order chi connectivity index (χ0) is 14.4. The number of fused-ring (bicyclic) bond motifs is 3. The summed E-state index contributed by atoms with van der Waals surface area (Å²) < 4.78 is 0. The van der Waals surface area contributed by atoms with Crippen molar-refractivity contribution in [3.63, 3.8) is 0 Å². The van der Waals surface area contributed by atoms with E-state index < -0.39 is 0 Å². The van der Waals surface area contributed by atoms with E-state index in [4.69, 9.17) is 11.6 Å². The Kier molecular flexibility index (Phi) is 3.45. The second-order valence-electron chi connectivity index (χ2n) is 7.06. The van der Waals surface area contributed by atoms with Gasteiger partial charge >= 0.3 is 0 Å². The maximum atomic E-state index is 12.0. The number of rotatable bonds is 3. The molecule has 2 bridgehead atoms. The molecule has 21 heavy (non-hydrogen) atoms. The minimum absolute atomic E-state index is 0.0503.